The summed E-state index contributed by atoms with van der Waals surface area (Å²) in [7, 11) is 6.22. The maximum absolute atomic E-state index is 11.8. The van der Waals surface area contributed by atoms with Gasteiger partial charge in [-0.2, -0.15) is 0 Å². The summed E-state index contributed by atoms with van der Waals surface area (Å²) in [5.41, 5.74) is 0.717. The molecule has 0 saturated carbocycles. The molecule has 22 heavy (non-hydrogen) atoms. The molecule has 0 unspecified atom stereocenters. The van der Waals surface area contributed by atoms with E-state index in [4.69, 9.17) is 18.9 Å². The Labute approximate surface area is 131 Å². The Morgan fingerprint density at radius 1 is 1.14 bits per heavy atom. The first kappa shape index (κ1) is 17.8. The smallest absolute Gasteiger partial charge is 0.244 e. The average molecular weight is 309 g/mol. The molecule has 0 aromatic heterocycles. The summed E-state index contributed by atoms with van der Waals surface area (Å²) in [6, 6.07) is 3.49. The molecule has 6 nitrogen and oxygen atoms in total. The van der Waals surface area contributed by atoms with Crippen molar-refractivity contribution in [1.29, 1.82) is 0 Å². The van der Waals surface area contributed by atoms with Crippen LogP contribution < -0.4 is 19.5 Å². The fraction of sp³-hybridized carbons (Fsp3) is 0.438. The minimum absolute atomic E-state index is 0.0607. The van der Waals surface area contributed by atoms with Crippen molar-refractivity contribution in [2.75, 3.05) is 35.0 Å². The highest BCUT2D eigenvalue weighted by Crippen LogP contribution is 2.40. The monoisotopic (exact) mass is 309 g/mol. The Hall–Kier alpha value is -2.21. The second kappa shape index (κ2) is 8.94. The second-order valence-electron chi connectivity index (χ2n) is 4.62. The van der Waals surface area contributed by atoms with Crippen molar-refractivity contribution in [1.82, 2.24) is 5.32 Å². The number of benzene rings is 1. The van der Waals surface area contributed by atoms with Gasteiger partial charge in [-0.25, -0.2) is 0 Å². The van der Waals surface area contributed by atoms with Gasteiger partial charge in [0.15, 0.2) is 11.5 Å². The Morgan fingerprint density at radius 3 is 2.36 bits per heavy atom. The van der Waals surface area contributed by atoms with E-state index in [9.17, 15) is 4.79 Å². The third-order valence-corrected chi connectivity index (χ3v) is 2.95. The van der Waals surface area contributed by atoms with Crippen LogP contribution in [-0.4, -0.2) is 47.0 Å². The molecule has 1 aromatic carbocycles. The Bertz CT molecular complexity index is 528. The molecule has 0 aliphatic rings. The lowest BCUT2D eigenvalue weighted by atomic mass is 10.1. The number of rotatable bonds is 8. The van der Waals surface area contributed by atoms with Gasteiger partial charge in [0.25, 0.3) is 0 Å². The molecule has 0 fully saturated rings. The lowest BCUT2D eigenvalue weighted by Crippen LogP contribution is -2.34. The Balaban J connectivity index is 2.93. The summed E-state index contributed by atoms with van der Waals surface area (Å²) in [5, 5.41) is 2.79. The van der Waals surface area contributed by atoms with Crippen LogP contribution in [0.2, 0.25) is 0 Å². The number of methoxy groups -OCH3 is 4. The first-order chi connectivity index (χ1) is 10.6. The van der Waals surface area contributed by atoms with Gasteiger partial charge in [-0.15, -0.1) is 0 Å². The molecule has 0 saturated heterocycles. The fourth-order valence-corrected chi connectivity index (χ4v) is 2.00. The van der Waals surface area contributed by atoms with E-state index in [2.05, 4.69) is 5.32 Å². The zero-order valence-corrected chi connectivity index (χ0v) is 13.6. The maximum atomic E-state index is 11.8. The predicted octanol–water partition coefficient (Wildman–Crippen LogP) is 1.88. The number of ether oxygens (including phenoxy) is 4. The summed E-state index contributed by atoms with van der Waals surface area (Å²) >= 11 is 0. The zero-order valence-electron chi connectivity index (χ0n) is 13.6. The maximum Gasteiger partial charge on any atom is 0.244 e. The van der Waals surface area contributed by atoms with E-state index in [0.29, 0.717) is 23.9 Å². The first-order valence-corrected chi connectivity index (χ1v) is 6.83. The van der Waals surface area contributed by atoms with Crippen molar-refractivity contribution < 1.29 is 23.7 Å². The quantitative estimate of drug-likeness (QED) is 0.743. The average Bonchev–Trinajstić information content (AvgIpc) is 2.51. The van der Waals surface area contributed by atoms with Crippen LogP contribution in [-0.2, 0) is 9.53 Å². The van der Waals surface area contributed by atoms with Gasteiger partial charge in [-0.1, -0.05) is 0 Å². The van der Waals surface area contributed by atoms with E-state index in [1.54, 1.807) is 32.4 Å². The summed E-state index contributed by atoms with van der Waals surface area (Å²) in [4.78, 5) is 11.8. The number of carbonyl (C=O) groups excluding carboxylic acids is 1. The van der Waals surface area contributed by atoms with Crippen molar-refractivity contribution in [2.24, 2.45) is 0 Å². The minimum atomic E-state index is -0.207. The molecular formula is C16H23NO5. The van der Waals surface area contributed by atoms with E-state index in [1.807, 2.05) is 6.92 Å². The van der Waals surface area contributed by atoms with Gasteiger partial charge in [0.1, 0.15) is 0 Å². The number of nitrogens with one attached hydrogen (secondary N) is 1. The third-order valence-electron chi connectivity index (χ3n) is 2.95. The molecular weight excluding hydrogens is 286 g/mol. The largest absolute Gasteiger partial charge is 0.493 e. The van der Waals surface area contributed by atoms with Gasteiger partial charge in [0.05, 0.1) is 27.9 Å². The molecule has 0 aliphatic heterocycles. The lowest BCUT2D eigenvalue weighted by Gasteiger charge is -2.14. The Morgan fingerprint density at radius 2 is 1.82 bits per heavy atom. The zero-order chi connectivity index (χ0) is 16.5. The van der Waals surface area contributed by atoms with Crippen LogP contribution in [0.3, 0.4) is 0 Å². The molecule has 1 amide bonds. The molecule has 122 valence electrons. The number of amides is 1. The van der Waals surface area contributed by atoms with E-state index in [-0.39, 0.29) is 11.9 Å². The van der Waals surface area contributed by atoms with Gasteiger partial charge < -0.3 is 24.3 Å². The van der Waals surface area contributed by atoms with E-state index < -0.39 is 0 Å². The SMILES string of the molecule is COC[C@H](C)NC(=O)/C=C/c1ccc(OC)c(OC)c1OC. The first-order valence-electron chi connectivity index (χ1n) is 6.83. The topological polar surface area (TPSA) is 66.0 Å². The fourth-order valence-electron chi connectivity index (χ4n) is 2.00. The van der Waals surface area contributed by atoms with Crippen LogP contribution in [0.1, 0.15) is 12.5 Å². The standard InChI is InChI=1S/C16H23NO5/c1-11(10-19-2)17-14(18)9-7-12-6-8-13(20-3)16(22-5)15(12)21-4/h6-9,11H,10H2,1-5H3,(H,17,18)/b9-7+/t11-/m0/s1. The number of carbonyl (C=O) groups is 1. The summed E-state index contributed by atoms with van der Waals surface area (Å²) in [6.45, 7) is 2.32. The van der Waals surface area contributed by atoms with Gasteiger partial charge in [-0.3, -0.25) is 4.79 Å². The highest BCUT2D eigenvalue weighted by molar-refractivity contribution is 5.92. The highest BCUT2D eigenvalue weighted by atomic mass is 16.5. The van der Waals surface area contributed by atoms with E-state index in [1.165, 1.54) is 20.3 Å². The molecule has 6 heteroatoms. The van der Waals surface area contributed by atoms with Gasteiger partial charge in [0, 0.05) is 24.8 Å². The van der Waals surface area contributed by atoms with Crippen molar-refractivity contribution in [3.8, 4) is 17.2 Å². The van der Waals surface area contributed by atoms with Gasteiger partial charge >= 0.3 is 0 Å². The highest BCUT2D eigenvalue weighted by Gasteiger charge is 2.14. The molecule has 0 heterocycles. The molecule has 1 N–H and O–H groups in total. The van der Waals surface area contributed by atoms with Crippen molar-refractivity contribution in [3.63, 3.8) is 0 Å². The van der Waals surface area contributed by atoms with E-state index >= 15 is 0 Å². The van der Waals surface area contributed by atoms with Crippen molar-refractivity contribution in [3.05, 3.63) is 23.8 Å². The Kier molecular flexibility index (Phi) is 7.25. The van der Waals surface area contributed by atoms with Crippen LogP contribution in [0.25, 0.3) is 6.08 Å². The van der Waals surface area contributed by atoms with Crippen molar-refractivity contribution in [2.45, 2.75) is 13.0 Å². The van der Waals surface area contributed by atoms with Crippen LogP contribution in [0, 0.1) is 0 Å². The van der Waals surface area contributed by atoms with Crippen LogP contribution >= 0.6 is 0 Å². The molecule has 1 rings (SSSR count). The number of hydrogen-bond donors (Lipinski definition) is 1. The minimum Gasteiger partial charge on any atom is -0.493 e. The summed E-state index contributed by atoms with van der Waals surface area (Å²) in [6.07, 6.45) is 3.10. The molecule has 0 spiro atoms. The second-order valence-corrected chi connectivity index (χ2v) is 4.62. The van der Waals surface area contributed by atoms with Gasteiger partial charge in [-0.05, 0) is 25.1 Å². The van der Waals surface area contributed by atoms with E-state index in [0.717, 1.165) is 5.56 Å². The predicted molar refractivity (Wildman–Crippen MR) is 84.6 cm³/mol. The molecule has 0 aliphatic carbocycles. The number of hydrogen-bond acceptors (Lipinski definition) is 5. The van der Waals surface area contributed by atoms with Gasteiger partial charge in [0.2, 0.25) is 11.7 Å². The molecule has 0 bridgehead atoms. The lowest BCUT2D eigenvalue weighted by molar-refractivity contribution is -0.117. The van der Waals surface area contributed by atoms with Crippen LogP contribution in [0.4, 0.5) is 0 Å². The third kappa shape index (κ3) is 4.66. The molecule has 1 aromatic rings. The van der Waals surface area contributed by atoms with Crippen molar-refractivity contribution >= 4 is 12.0 Å². The van der Waals surface area contributed by atoms with Crippen LogP contribution in [0.5, 0.6) is 17.2 Å². The molecule has 0 radical (unpaired) electrons. The summed E-state index contributed by atoms with van der Waals surface area (Å²) < 4.78 is 20.8. The molecule has 1 atom stereocenters. The summed E-state index contributed by atoms with van der Waals surface area (Å²) in [5.74, 6) is 1.35. The van der Waals surface area contributed by atoms with Crippen LogP contribution in [0.15, 0.2) is 18.2 Å². The normalized spacial score (nSPS) is 12.0.